The monoisotopic (exact) mass is 343 g/mol. The van der Waals surface area contributed by atoms with Gasteiger partial charge in [-0.2, -0.15) is 5.10 Å². The van der Waals surface area contributed by atoms with E-state index in [9.17, 15) is 5.11 Å². The molecule has 6 nitrogen and oxygen atoms in total. The molecule has 25 heavy (non-hydrogen) atoms. The van der Waals surface area contributed by atoms with Gasteiger partial charge in [0.1, 0.15) is 5.82 Å². The van der Waals surface area contributed by atoms with Gasteiger partial charge in [0, 0.05) is 43.3 Å². The minimum absolute atomic E-state index is 0.326. The van der Waals surface area contributed by atoms with Crippen LogP contribution in [0.25, 0.3) is 5.57 Å². The Hall–Kier alpha value is -1.92. The van der Waals surface area contributed by atoms with Crippen molar-refractivity contribution in [2.45, 2.75) is 58.8 Å². The highest BCUT2D eigenvalue weighted by Gasteiger charge is 2.17. The summed E-state index contributed by atoms with van der Waals surface area (Å²) in [6, 6.07) is 0.442. The molecule has 0 amide bonds. The van der Waals surface area contributed by atoms with Crippen molar-refractivity contribution in [1.82, 2.24) is 24.2 Å². The molecule has 1 atom stereocenters. The molecule has 3 heterocycles. The molecule has 0 aromatic carbocycles. The Balaban J connectivity index is 1.60. The third-order valence-corrected chi connectivity index (χ3v) is 4.84. The van der Waals surface area contributed by atoms with Crippen LogP contribution in [-0.2, 0) is 13.1 Å². The average molecular weight is 343 g/mol. The van der Waals surface area contributed by atoms with Crippen LogP contribution in [0.1, 0.15) is 51.0 Å². The Kier molecular flexibility index (Phi) is 5.71. The van der Waals surface area contributed by atoms with E-state index in [1.807, 2.05) is 30.2 Å². The number of aliphatic hydroxyl groups is 1. The molecule has 0 spiro atoms. The second-order valence-corrected chi connectivity index (χ2v) is 7.07. The highest BCUT2D eigenvalue weighted by molar-refractivity contribution is 5.65. The van der Waals surface area contributed by atoms with Crippen LogP contribution in [0.3, 0.4) is 0 Å². The van der Waals surface area contributed by atoms with Gasteiger partial charge in [-0.25, -0.2) is 4.98 Å². The number of aliphatic hydroxyl groups excluding tert-OH is 1. The minimum Gasteiger partial charge on any atom is -0.391 e. The molecule has 0 aliphatic carbocycles. The average Bonchev–Trinajstić information content (AvgIpc) is 3.25. The highest BCUT2D eigenvalue weighted by Crippen LogP contribution is 2.23. The van der Waals surface area contributed by atoms with Crippen molar-refractivity contribution in [3.63, 3.8) is 0 Å². The maximum Gasteiger partial charge on any atom is 0.123 e. The van der Waals surface area contributed by atoms with E-state index in [0.29, 0.717) is 12.6 Å². The molecule has 3 rings (SSSR count). The SMILES string of the molecule is CCC(O)Cn1cc(C2=CCN(Cc3nccn3C(C)C)CC2)cn1. The number of nitrogens with zero attached hydrogens (tertiary/aromatic N) is 5. The molecule has 1 aliphatic rings. The second kappa shape index (κ2) is 7.97. The van der Waals surface area contributed by atoms with Gasteiger partial charge in [0.15, 0.2) is 0 Å². The standard InChI is InChI=1S/C19H29N5O/c1-4-18(25)13-23-12-17(11-21-23)16-5-8-22(9-6-16)14-19-20-7-10-24(19)15(2)3/h5,7,10-12,15,18,25H,4,6,8-9,13-14H2,1-3H3. The lowest BCUT2D eigenvalue weighted by atomic mass is 10.0. The molecular formula is C19H29N5O. The van der Waals surface area contributed by atoms with Crippen molar-refractivity contribution >= 4 is 5.57 Å². The van der Waals surface area contributed by atoms with Gasteiger partial charge in [0.05, 0.1) is 25.4 Å². The maximum atomic E-state index is 9.76. The first-order valence-electron chi connectivity index (χ1n) is 9.20. The van der Waals surface area contributed by atoms with Crippen LogP contribution < -0.4 is 0 Å². The summed E-state index contributed by atoms with van der Waals surface area (Å²) in [5, 5.41) is 14.1. The number of hydrogen-bond donors (Lipinski definition) is 1. The van der Waals surface area contributed by atoms with E-state index in [2.05, 4.69) is 45.7 Å². The lowest BCUT2D eigenvalue weighted by Crippen LogP contribution is -2.29. The molecule has 0 bridgehead atoms. The lowest BCUT2D eigenvalue weighted by Gasteiger charge is -2.26. The van der Waals surface area contributed by atoms with Gasteiger partial charge in [-0.1, -0.05) is 13.0 Å². The maximum absolute atomic E-state index is 9.76. The first kappa shape index (κ1) is 17.9. The van der Waals surface area contributed by atoms with Crippen LogP contribution in [-0.4, -0.2) is 48.5 Å². The zero-order valence-corrected chi connectivity index (χ0v) is 15.5. The summed E-state index contributed by atoms with van der Waals surface area (Å²) in [6.07, 6.45) is 11.6. The molecule has 1 aliphatic heterocycles. The molecule has 136 valence electrons. The van der Waals surface area contributed by atoms with Crippen molar-refractivity contribution in [2.24, 2.45) is 0 Å². The van der Waals surface area contributed by atoms with Crippen molar-refractivity contribution < 1.29 is 5.11 Å². The second-order valence-electron chi connectivity index (χ2n) is 7.07. The van der Waals surface area contributed by atoms with Gasteiger partial charge in [0.2, 0.25) is 0 Å². The van der Waals surface area contributed by atoms with E-state index in [1.54, 1.807) is 0 Å². The van der Waals surface area contributed by atoms with Gasteiger partial charge in [0.25, 0.3) is 0 Å². The molecule has 0 radical (unpaired) electrons. The molecule has 1 unspecified atom stereocenters. The van der Waals surface area contributed by atoms with Crippen molar-refractivity contribution in [3.05, 3.63) is 42.3 Å². The summed E-state index contributed by atoms with van der Waals surface area (Å²) in [7, 11) is 0. The fourth-order valence-corrected chi connectivity index (χ4v) is 3.23. The van der Waals surface area contributed by atoms with E-state index < -0.39 is 0 Å². The summed E-state index contributed by atoms with van der Waals surface area (Å²) in [5.41, 5.74) is 2.52. The van der Waals surface area contributed by atoms with E-state index >= 15 is 0 Å². The first-order valence-corrected chi connectivity index (χ1v) is 9.20. The van der Waals surface area contributed by atoms with Crippen molar-refractivity contribution in [1.29, 1.82) is 0 Å². The van der Waals surface area contributed by atoms with E-state index in [4.69, 9.17) is 0 Å². The number of imidazole rings is 1. The molecule has 1 N–H and O–H groups in total. The zero-order chi connectivity index (χ0) is 17.8. The van der Waals surface area contributed by atoms with Crippen LogP contribution in [0.4, 0.5) is 0 Å². The molecule has 0 saturated carbocycles. The predicted octanol–water partition coefficient (Wildman–Crippen LogP) is 2.72. The molecule has 2 aromatic rings. The van der Waals surface area contributed by atoms with Crippen LogP contribution in [0.15, 0.2) is 30.9 Å². The Morgan fingerprint density at radius 3 is 2.84 bits per heavy atom. The van der Waals surface area contributed by atoms with Crippen LogP contribution >= 0.6 is 0 Å². The Bertz CT molecular complexity index is 715. The minimum atomic E-state index is -0.326. The number of rotatable bonds is 7. The Labute approximate surface area is 149 Å². The number of aromatic nitrogens is 4. The zero-order valence-electron chi connectivity index (χ0n) is 15.5. The largest absolute Gasteiger partial charge is 0.391 e. The van der Waals surface area contributed by atoms with Gasteiger partial charge < -0.3 is 9.67 Å². The quantitative estimate of drug-likeness (QED) is 0.840. The molecule has 0 saturated heterocycles. The Morgan fingerprint density at radius 2 is 2.16 bits per heavy atom. The predicted molar refractivity (Wildman–Crippen MR) is 99.0 cm³/mol. The fourth-order valence-electron chi connectivity index (χ4n) is 3.23. The molecule has 6 heteroatoms. The fraction of sp³-hybridized carbons (Fsp3) is 0.579. The molecule has 0 fully saturated rings. The summed E-state index contributed by atoms with van der Waals surface area (Å²) in [6.45, 7) is 9.77. The molecular weight excluding hydrogens is 314 g/mol. The Morgan fingerprint density at radius 1 is 1.32 bits per heavy atom. The van der Waals surface area contributed by atoms with Crippen LogP contribution in [0.5, 0.6) is 0 Å². The third kappa shape index (κ3) is 4.38. The normalized spacial score (nSPS) is 17.1. The lowest BCUT2D eigenvalue weighted by molar-refractivity contribution is 0.145. The van der Waals surface area contributed by atoms with E-state index in [1.165, 1.54) is 11.1 Å². The topological polar surface area (TPSA) is 59.1 Å². The van der Waals surface area contributed by atoms with Gasteiger partial charge >= 0.3 is 0 Å². The summed E-state index contributed by atoms with van der Waals surface area (Å²) in [4.78, 5) is 6.94. The first-order chi connectivity index (χ1) is 12.1. The summed E-state index contributed by atoms with van der Waals surface area (Å²) in [5.74, 6) is 1.13. The molecule has 2 aromatic heterocycles. The van der Waals surface area contributed by atoms with Crippen molar-refractivity contribution in [3.8, 4) is 0 Å². The summed E-state index contributed by atoms with van der Waals surface area (Å²) < 4.78 is 4.08. The van der Waals surface area contributed by atoms with Gasteiger partial charge in [-0.05, 0) is 32.3 Å². The van der Waals surface area contributed by atoms with Crippen molar-refractivity contribution in [2.75, 3.05) is 13.1 Å². The van der Waals surface area contributed by atoms with Crippen LogP contribution in [0.2, 0.25) is 0 Å². The van der Waals surface area contributed by atoms with Crippen LogP contribution in [0, 0.1) is 0 Å². The van der Waals surface area contributed by atoms with E-state index in [0.717, 1.165) is 38.3 Å². The third-order valence-electron chi connectivity index (χ3n) is 4.84. The highest BCUT2D eigenvalue weighted by atomic mass is 16.3. The summed E-state index contributed by atoms with van der Waals surface area (Å²) >= 11 is 0. The van der Waals surface area contributed by atoms with Gasteiger partial charge in [-0.15, -0.1) is 0 Å². The van der Waals surface area contributed by atoms with E-state index in [-0.39, 0.29) is 6.10 Å². The number of hydrogen-bond acceptors (Lipinski definition) is 4. The van der Waals surface area contributed by atoms with Gasteiger partial charge in [-0.3, -0.25) is 9.58 Å². The smallest absolute Gasteiger partial charge is 0.123 e.